The molecule has 1 aliphatic rings. The molecule has 0 saturated carbocycles. The van der Waals surface area contributed by atoms with Gasteiger partial charge in [0.2, 0.25) is 5.78 Å². The molecule has 0 aromatic heterocycles. The van der Waals surface area contributed by atoms with Crippen LogP contribution in [0.1, 0.15) is 27.6 Å². The smallest absolute Gasteiger partial charge is 0.334 e. The Morgan fingerprint density at radius 2 is 1.77 bits per heavy atom. The highest BCUT2D eigenvalue weighted by molar-refractivity contribution is 6.50. The van der Waals surface area contributed by atoms with Gasteiger partial charge in [-0.1, -0.05) is 35.9 Å². The van der Waals surface area contributed by atoms with E-state index in [1.807, 2.05) is 0 Å². The molecule has 1 unspecified atom stereocenters. The van der Waals surface area contributed by atoms with Crippen molar-refractivity contribution in [2.75, 3.05) is 7.11 Å². The molecule has 6 heteroatoms. The van der Waals surface area contributed by atoms with E-state index < -0.39 is 23.6 Å². The molecular weight excluding hydrogens is 308 g/mol. The number of benzene rings is 1. The fourth-order valence-electron chi connectivity index (χ4n) is 2.13. The monoisotopic (exact) mass is 320 g/mol. The SMILES string of the molecule is COC(C)/C(=C\C1=C(Cl)C(=O)c2ccccc2C1=O)C(=O)O. The molecule has 2 rings (SSSR count). The van der Waals surface area contributed by atoms with Crippen LogP contribution in [0.4, 0.5) is 0 Å². The highest BCUT2D eigenvalue weighted by Crippen LogP contribution is 2.30. The zero-order valence-electron chi connectivity index (χ0n) is 11.9. The molecular formula is C16H13ClO5. The lowest BCUT2D eigenvalue weighted by Crippen LogP contribution is -2.22. The first-order chi connectivity index (χ1) is 10.4. The molecule has 0 fully saturated rings. The summed E-state index contributed by atoms with van der Waals surface area (Å²) < 4.78 is 4.97. The van der Waals surface area contributed by atoms with Crippen LogP contribution < -0.4 is 0 Å². The van der Waals surface area contributed by atoms with Gasteiger partial charge in [0.1, 0.15) is 0 Å². The summed E-state index contributed by atoms with van der Waals surface area (Å²) in [5.41, 5.74) is 0.132. The van der Waals surface area contributed by atoms with E-state index in [0.29, 0.717) is 0 Å². The van der Waals surface area contributed by atoms with Crippen LogP contribution in [0.3, 0.4) is 0 Å². The van der Waals surface area contributed by atoms with Gasteiger partial charge >= 0.3 is 5.97 Å². The van der Waals surface area contributed by atoms with Crippen LogP contribution in [-0.4, -0.2) is 35.9 Å². The number of carbonyl (C=O) groups excluding carboxylic acids is 2. The van der Waals surface area contributed by atoms with Crippen molar-refractivity contribution in [2.45, 2.75) is 13.0 Å². The Morgan fingerprint density at radius 3 is 2.27 bits per heavy atom. The zero-order chi connectivity index (χ0) is 16.4. The molecule has 0 saturated heterocycles. The van der Waals surface area contributed by atoms with Gasteiger partial charge in [-0.15, -0.1) is 0 Å². The Morgan fingerprint density at radius 1 is 1.23 bits per heavy atom. The molecule has 0 aliphatic heterocycles. The first kappa shape index (κ1) is 16.1. The lowest BCUT2D eigenvalue weighted by atomic mass is 9.88. The second kappa shape index (κ2) is 6.25. The number of halogens is 1. The first-order valence-electron chi connectivity index (χ1n) is 6.44. The normalized spacial score (nSPS) is 16.6. The fraction of sp³-hybridized carbons (Fsp3) is 0.188. The molecule has 22 heavy (non-hydrogen) atoms. The summed E-state index contributed by atoms with van der Waals surface area (Å²) >= 11 is 5.98. The van der Waals surface area contributed by atoms with Crippen molar-refractivity contribution in [2.24, 2.45) is 0 Å². The number of allylic oxidation sites excluding steroid dienone is 3. The summed E-state index contributed by atoms with van der Waals surface area (Å²) in [7, 11) is 1.35. The molecule has 114 valence electrons. The second-order valence-electron chi connectivity index (χ2n) is 4.71. The number of hydrogen-bond donors (Lipinski definition) is 1. The molecule has 1 aliphatic carbocycles. The van der Waals surface area contributed by atoms with E-state index in [9.17, 15) is 19.5 Å². The molecule has 0 amide bonds. The molecule has 0 heterocycles. The van der Waals surface area contributed by atoms with Gasteiger partial charge in [0.15, 0.2) is 5.78 Å². The maximum atomic E-state index is 12.5. The van der Waals surface area contributed by atoms with Crippen molar-refractivity contribution < 1.29 is 24.2 Å². The van der Waals surface area contributed by atoms with Gasteiger partial charge in [-0.25, -0.2) is 4.79 Å². The van der Waals surface area contributed by atoms with Gasteiger partial charge in [-0.3, -0.25) is 9.59 Å². The Bertz CT molecular complexity index is 730. The van der Waals surface area contributed by atoms with Gasteiger partial charge in [0.25, 0.3) is 0 Å². The zero-order valence-corrected chi connectivity index (χ0v) is 12.7. The van der Waals surface area contributed by atoms with E-state index >= 15 is 0 Å². The molecule has 0 bridgehead atoms. The molecule has 1 aromatic carbocycles. The van der Waals surface area contributed by atoms with Crippen LogP contribution >= 0.6 is 11.6 Å². The lowest BCUT2D eigenvalue weighted by molar-refractivity contribution is -0.133. The minimum absolute atomic E-state index is 0.133. The van der Waals surface area contributed by atoms with Crippen molar-refractivity contribution >= 4 is 29.1 Å². The van der Waals surface area contributed by atoms with Crippen molar-refractivity contribution in [1.82, 2.24) is 0 Å². The highest BCUT2D eigenvalue weighted by atomic mass is 35.5. The summed E-state index contributed by atoms with van der Waals surface area (Å²) in [6.45, 7) is 1.53. The molecule has 5 nitrogen and oxygen atoms in total. The third kappa shape index (κ3) is 2.73. The van der Waals surface area contributed by atoms with Gasteiger partial charge in [0, 0.05) is 23.8 Å². The van der Waals surface area contributed by atoms with Crippen molar-refractivity contribution in [3.8, 4) is 0 Å². The number of carboxylic acid groups (broad SMARTS) is 1. The Balaban J connectivity index is 2.60. The number of hydrogen-bond acceptors (Lipinski definition) is 4. The second-order valence-corrected chi connectivity index (χ2v) is 5.09. The molecule has 1 atom stereocenters. The van der Waals surface area contributed by atoms with E-state index in [-0.39, 0.29) is 27.3 Å². The van der Waals surface area contributed by atoms with Gasteiger partial charge in [-0.05, 0) is 13.0 Å². The maximum Gasteiger partial charge on any atom is 0.334 e. The number of ketones is 2. The Labute approximate surface area is 131 Å². The number of carbonyl (C=O) groups is 3. The number of aliphatic carboxylic acids is 1. The average Bonchev–Trinajstić information content (AvgIpc) is 2.52. The number of methoxy groups -OCH3 is 1. The number of carboxylic acids is 1. The molecule has 0 radical (unpaired) electrons. The standard InChI is InChI=1S/C16H13ClO5/c1-8(22-2)11(16(20)21)7-12-13(17)15(19)10-6-4-3-5-9(10)14(12)18/h3-8H,1-2H3,(H,20,21)/b11-7+. The first-order valence-corrected chi connectivity index (χ1v) is 6.82. The summed E-state index contributed by atoms with van der Waals surface area (Å²) in [6, 6.07) is 6.27. The van der Waals surface area contributed by atoms with Crippen LogP contribution in [0.2, 0.25) is 0 Å². The van der Waals surface area contributed by atoms with Crippen LogP contribution in [-0.2, 0) is 9.53 Å². The third-order valence-electron chi connectivity index (χ3n) is 3.44. The summed E-state index contributed by atoms with van der Waals surface area (Å²) in [5.74, 6) is -2.23. The summed E-state index contributed by atoms with van der Waals surface area (Å²) in [4.78, 5) is 36.0. The van der Waals surface area contributed by atoms with Crippen LogP contribution in [0.5, 0.6) is 0 Å². The number of ether oxygens (including phenoxy) is 1. The van der Waals surface area contributed by atoms with Crippen molar-refractivity contribution in [3.05, 3.63) is 57.6 Å². The van der Waals surface area contributed by atoms with Crippen LogP contribution in [0.25, 0.3) is 0 Å². The molecule has 1 N–H and O–H groups in total. The van der Waals surface area contributed by atoms with Crippen molar-refractivity contribution in [1.29, 1.82) is 0 Å². The topological polar surface area (TPSA) is 80.7 Å². The number of Topliss-reactive ketones (excluding diaryl/α,β-unsaturated/α-hetero) is 2. The predicted octanol–water partition coefficient (Wildman–Crippen LogP) is 2.60. The summed E-state index contributed by atoms with van der Waals surface area (Å²) in [6.07, 6.45) is 0.351. The van der Waals surface area contributed by atoms with E-state index in [1.165, 1.54) is 26.2 Å². The van der Waals surface area contributed by atoms with Gasteiger partial charge in [-0.2, -0.15) is 0 Å². The Hall–Kier alpha value is -2.24. The van der Waals surface area contributed by atoms with Gasteiger partial charge < -0.3 is 9.84 Å². The number of rotatable bonds is 4. The van der Waals surface area contributed by atoms with E-state index in [2.05, 4.69) is 0 Å². The predicted molar refractivity (Wildman–Crippen MR) is 80.2 cm³/mol. The fourth-order valence-corrected chi connectivity index (χ4v) is 2.37. The third-order valence-corrected chi connectivity index (χ3v) is 3.81. The minimum atomic E-state index is -1.24. The maximum absolute atomic E-state index is 12.5. The van der Waals surface area contributed by atoms with Crippen molar-refractivity contribution in [3.63, 3.8) is 0 Å². The molecule has 1 aromatic rings. The molecule has 0 spiro atoms. The average molecular weight is 321 g/mol. The largest absolute Gasteiger partial charge is 0.478 e. The van der Waals surface area contributed by atoms with Gasteiger partial charge in [0.05, 0.1) is 16.7 Å². The highest BCUT2D eigenvalue weighted by Gasteiger charge is 2.31. The quantitative estimate of drug-likeness (QED) is 0.862. The minimum Gasteiger partial charge on any atom is -0.478 e. The Kier molecular flexibility index (Phi) is 4.59. The van der Waals surface area contributed by atoms with Crippen LogP contribution in [0, 0.1) is 0 Å². The van der Waals surface area contributed by atoms with Crippen LogP contribution in [0.15, 0.2) is 46.5 Å². The number of fused-ring (bicyclic) bond motifs is 1. The lowest BCUT2D eigenvalue weighted by Gasteiger charge is -2.17. The van der Waals surface area contributed by atoms with E-state index in [0.717, 1.165) is 6.08 Å². The van der Waals surface area contributed by atoms with E-state index in [1.54, 1.807) is 12.1 Å². The summed E-state index contributed by atoms with van der Waals surface area (Å²) in [5, 5.41) is 8.94. The van der Waals surface area contributed by atoms with E-state index in [4.69, 9.17) is 16.3 Å².